The summed E-state index contributed by atoms with van der Waals surface area (Å²) in [5.74, 6) is -0.859. The minimum absolute atomic E-state index is 0.173. The highest BCUT2D eigenvalue weighted by Gasteiger charge is 2.40. The molecule has 0 spiro atoms. The summed E-state index contributed by atoms with van der Waals surface area (Å²) in [7, 11) is 3.77. The second-order valence-electron chi connectivity index (χ2n) is 6.91. The molecule has 8 heteroatoms. The Morgan fingerprint density at radius 2 is 2.04 bits per heavy atom. The summed E-state index contributed by atoms with van der Waals surface area (Å²) in [5, 5.41) is 10.0. The van der Waals surface area contributed by atoms with Crippen molar-refractivity contribution in [1.29, 1.82) is 0 Å². The average Bonchev–Trinajstić information content (AvgIpc) is 3.16. The predicted molar refractivity (Wildman–Crippen MR) is 97.5 cm³/mol. The lowest BCUT2D eigenvalue weighted by Crippen LogP contribution is -2.52. The number of fused-ring (bicyclic) bond motifs is 1. The maximum Gasteiger partial charge on any atom is 0.255 e. The van der Waals surface area contributed by atoms with Crippen LogP contribution in [0.25, 0.3) is 11.3 Å². The smallest absolute Gasteiger partial charge is 0.255 e. The molecule has 0 bridgehead atoms. The Hall–Kier alpha value is -3.00. The Balaban J connectivity index is 1.68. The van der Waals surface area contributed by atoms with Crippen molar-refractivity contribution < 1.29 is 14.4 Å². The van der Waals surface area contributed by atoms with Crippen LogP contribution in [0.1, 0.15) is 34.5 Å². The van der Waals surface area contributed by atoms with Gasteiger partial charge in [-0.15, -0.1) is 0 Å². The summed E-state index contributed by atoms with van der Waals surface area (Å²) in [6, 6.07) is 6.97. The highest BCUT2D eigenvalue weighted by molar-refractivity contribution is 6.06. The number of nitrogens with one attached hydrogen (secondary N) is 2. The Kier molecular flexibility index (Phi) is 4.27. The van der Waals surface area contributed by atoms with Crippen LogP contribution >= 0.6 is 0 Å². The van der Waals surface area contributed by atoms with E-state index in [0.29, 0.717) is 25.1 Å². The molecule has 2 N–H and O–H groups in total. The molecule has 1 aromatic heterocycles. The van der Waals surface area contributed by atoms with Gasteiger partial charge in [0, 0.05) is 37.7 Å². The summed E-state index contributed by atoms with van der Waals surface area (Å²) in [5.41, 5.74) is 4.21. The third kappa shape index (κ3) is 2.91. The second kappa shape index (κ2) is 6.62. The van der Waals surface area contributed by atoms with E-state index < -0.39 is 11.9 Å². The fraction of sp³-hybridized carbons (Fsp3) is 0.368. The van der Waals surface area contributed by atoms with Crippen molar-refractivity contribution in [2.75, 3.05) is 7.05 Å². The molecule has 1 unspecified atom stereocenters. The molecule has 1 atom stereocenters. The van der Waals surface area contributed by atoms with E-state index in [2.05, 4.69) is 15.7 Å². The second-order valence-corrected chi connectivity index (χ2v) is 6.91. The van der Waals surface area contributed by atoms with Gasteiger partial charge in [0.2, 0.25) is 11.8 Å². The van der Waals surface area contributed by atoms with E-state index in [9.17, 15) is 14.4 Å². The van der Waals surface area contributed by atoms with E-state index in [-0.39, 0.29) is 18.2 Å². The summed E-state index contributed by atoms with van der Waals surface area (Å²) >= 11 is 0. The zero-order valence-corrected chi connectivity index (χ0v) is 15.3. The topological polar surface area (TPSA) is 96.3 Å². The predicted octanol–water partition coefficient (Wildman–Crippen LogP) is 0.567. The minimum Gasteiger partial charge on any atom is -0.322 e. The van der Waals surface area contributed by atoms with Crippen molar-refractivity contribution >= 4 is 17.7 Å². The van der Waals surface area contributed by atoms with E-state index in [1.165, 1.54) is 0 Å². The number of carbonyl (C=O) groups is 3. The van der Waals surface area contributed by atoms with Crippen molar-refractivity contribution in [3.05, 3.63) is 41.1 Å². The van der Waals surface area contributed by atoms with E-state index >= 15 is 0 Å². The summed E-state index contributed by atoms with van der Waals surface area (Å²) in [6.07, 6.45) is 0.604. The Morgan fingerprint density at radius 3 is 2.78 bits per heavy atom. The first-order valence-corrected chi connectivity index (χ1v) is 8.94. The van der Waals surface area contributed by atoms with Gasteiger partial charge in [-0.05, 0) is 31.2 Å². The van der Waals surface area contributed by atoms with Crippen LogP contribution in [-0.2, 0) is 29.7 Å². The van der Waals surface area contributed by atoms with Crippen LogP contribution in [0.4, 0.5) is 0 Å². The molecule has 8 nitrogen and oxygen atoms in total. The van der Waals surface area contributed by atoms with Gasteiger partial charge in [-0.2, -0.15) is 5.10 Å². The third-order valence-corrected chi connectivity index (χ3v) is 5.19. The first kappa shape index (κ1) is 17.4. The molecule has 2 aliphatic heterocycles. The summed E-state index contributed by atoms with van der Waals surface area (Å²) in [4.78, 5) is 38.1. The number of nitrogens with zero attached hydrogens (tertiary/aromatic N) is 3. The zero-order valence-electron chi connectivity index (χ0n) is 15.3. The van der Waals surface area contributed by atoms with Gasteiger partial charge in [0.15, 0.2) is 0 Å². The van der Waals surface area contributed by atoms with Crippen molar-refractivity contribution in [3.8, 4) is 11.3 Å². The number of hydrogen-bond acceptors (Lipinski definition) is 5. The van der Waals surface area contributed by atoms with E-state index in [4.69, 9.17) is 0 Å². The molecule has 0 aliphatic carbocycles. The van der Waals surface area contributed by atoms with Gasteiger partial charge in [0.1, 0.15) is 6.04 Å². The average molecular weight is 367 g/mol. The third-order valence-electron chi connectivity index (χ3n) is 5.19. The molecule has 1 aromatic carbocycles. The van der Waals surface area contributed by atoms with Crippen LogP contribution in [0.3, 0.4) is 0 Å². The minimum atomic E-state index is -0.612. The fourth-order valence-corrected chi connectivity index (χ4v) is 3.81. The molecule has 3 amide bonds. The van der Waals surface area contributed by atoms with Crippen LogP contribution in [0, 0.1) is 0 Å². The largest absolute Gasteiger partial charge is 0.322 e. The quantitative estimate of drug-likeness (QED) is 0.770. The number of aryl methyl sites for hydroxylation is 1. The van der Waals surface area contributed by atoms with Crippen molar-refractivity contribution in [3.63, 3.8) is 0 Å². The number of piperidine rings is 1. The standard InChI is InChI=1S/C19H21N5O3/c1-20-9-11-8-15(22-23(11)2)12-4-3-5-13-14(12)10-24(19(13)27)16-6-7-17(25)21-18(16)26/h3-5,8,16,20H,6-7,9-10H2,1-2H3,(H,21,25,26). The van der Waals surface area contributed by atoms with Gasteiger partial charge in [0.25, 0.3) is 5.91 Å². The SMILES string of the molecule is CNCc1cc(-c2cccc3c2CN(C2CCC(=O)NC2=O)C3=O)nn1C. The van der Waals surface area contributed by atoms with Gasteiger partial charge in [0.05, 0.1) is 11.4 Å². The molecule has 2 aliphatic rings. The number of hydrogen-bond donors (Lipinski definition) is 2. The molecule has 1 fully saturated rings. The molecule has 0 radical (unpaired) electrons. The van der Waals surface area contributed by atoms with Crippen LogP contribution in [0.2, 0.25) is 0 Å². The first-order valence-electron chi connectivity index (χ1n) is 8.94. The number of imide groups is 1. The van der Waals surface area contributed by atoms with Crippen molar-refractivity contribution in [2.45, 2.75) is 32.0 Å². The Morgan fingerprint density at radius 1 is 1.26 bits per heavy atom. The molecule has 3 heterocycles. The Labute approximate surface area is 156 Å². The number of rotatable bonds is 4. The summed E-state index contributed by atoms with van der Waals surface area (Å²) in [6.45, 7) is 1.04. The van der Waals surface area contributed by atoms with Crippen LogP contribution in [0.5, 0.6) is 0 Å². The molecular weight excluding hydrogens is 346 g/mol. The van der Waals surface area contributed by atoms with E-state index in [1.54, 1.807) is 11.0 Å². The maximum absolute atomic E-state index is 12.9. The number of benzene rings is 1. The van der Waals surface area contributed by atoms with Gasteiger partial charge in [-0.1, -0.05) is 12.1 Å². The number of aromatic nitrogens is 2. The molecule has 0 saturated carbocycles. The van der Waals surface area contributed by atoms with E-state index in [1.807, 2.05) is 37.0 Å². The normalized spacial score (nSPS) is 19.4. The van der Waals surface area contributed by atoms with Gasteiger partial charge in [-0.3, -0.25) is 24.4 Å². The lowest BCUT2D eigenvalue weighted by Gasteiger charge is -2.29. The van der Waals surface area contributed by atoms with Gasteiger partial charge < -0.3 is 10.2 Å². The first-order chi connectivity index (χ1) is 13.0. The molecular formula is C19H21N5O3. The van der Waals surface area contributed by atoms with E-state index in [0.717, 1.165) is 22.5 Å². The highest BCUT2D eigenvalue weighted by Crippen LogP contribution is 2.34. The molecule has 2 aromatic rings. The number of amides is 3. The zero-order chi connectivity index (χ0) is 19.1. The monoisotopic (exact) mass is 367 g/mol. The lowest BCUT2D eigenvalue weighted by molar-refractivity contribution is -0.136. The molecule has 27 heavy (non-hydrogen) atoms. The molecule has 4 rings (SSSR count). The van der Waals surface area contributed by atoms with Crippen LogP contribution in [-0.4, -0.2) is 45.5 Å². The van der Waals surface area contributed by atoms with Crippen molar-refractivity contribution in [1.82, 2.24) is 25.3 Å². The van der Waals surface area contributed by atoms with Gasteiger partial charge in [-0.25, -0.2) is 0 Å². The van der Waals surface area contributed by atoms with Crippen LogP contribution < -0.4 is 10.6 Å². The molecule has 140 valence electrons. The van der Waals surface area contributed by atoms with Crippen LogP contribution in [0.15, 0.2) is 24.3 Å². The van der Waals surface area contributed by atoms with Gasteiger partial charge >= 0.3 is 0 Å². The lowest BCUT2D eigenvalue weighted by atomic mass is 10.0. The number of carbonyl (C=O) groups excluding carboxylic acids is 3. The molecule has 1 saturated heterocycles. The summed E-state index contributed by atoms with van der Waals surface area (Å²) < 4.78 is 1.82. The fourth-order valence-electron chi connectivity index (χ4n) is 3.81. The Bertz CT molecular complexity index is 949. The van der Waals surface area contributed by atoms with Crippen molar-refractivity contribution in [2.24, 2.45) is 7.05 Å². The highest BCUT2D eigenvalue weighted by atomic mass is 16.2. The maximum atomic E-state index is 12.9.